The van der Waals surface area contributed by atoms with Gasteiger partial charge in [-0.3, -0.25) is 4.79 Å². The van der Waals surface area contributed by atoms with Gasteiger partial charge >= 0.3 is 0 Å². The molecule has 0 fully saturated rings. The Kier molecular flexibility index (Phi) is 5.35. The van der Waals surface area contributed by atoms with Crippen LogP contribution in [0.25, 0.3) is 6.08 Å². The van der Waals surface area contributed by atoms with E-state index in [0.717, 1.165) is 11.3 Å². The number of aliphatic hydroxyl groups is 1. The molecule has 21 heavy (non-hydrogen) atoms. The molecule has 0 unspecified atom stereocenters. The van der Waals surface area contributed by atoms with Crippen LogP contribution in [0.15, 0.2) is 54.7 Å². The molecule has 0 aliphatic rings. The van der Waals surface area contributed by atoms with Crippen LogP contribution >= 0.6 is 0 Å². The van der Waals surface area contributed by atoms with E-state index < -0.39 is 6.10 Å². The Morgan fingerprint density at radius 2 is 2.05 bits per heavy atom. The second-order valence-electron chi connectivity index (χ2n) is 4.88. The van der Waals surface area contributed by atoms with Gasteiger partial charge in [-0.05, 0) is 30.2 Å². The smallest absolute Gasteiger partial charge is 0.244 e. The fourth-order valence-corrected chi connectivity index (χ4v) is 2.10. The SMILES string of the molecule is Cn1cccc1[C@@H](O)CCNC(=O)/C=C/c1ccccc1. The molecule has 2 rings (SSSR count). The predicted molar refractivity (Wildman–Crippen MR) is 83.5 cm³/mol. The van der Waals surface area contributed by atoms with E-state index in [1.54, 1.807) is 6.08 Å². The molecule has 0 spiro atoms. The number of carbonyl (C=O) groups is 1. The van der Waals surface area contributed by atoms with Crippen LogP contribution < -0.4 is 5.32 Å². The van der Waals surface area contributed by atoms with Crippen LogP contribution in [0.3, 0.4) is 0 Å². The van der Waals surface area contributed by atoms with Crippen LogP contribution in [-0.4, -0.2) is 22.1 Å². The van der Waals surface area contributed by atoms with Crippen LogP contribution in [0.2, 0.25) is 0 Å². The molecule has 0 saturated heterocycles. The van der Waals surface area contributed by atoms with E-state index in [-0.39, 0.29) is 5.91 Å². The van der Waals surface area contributed by atoms with Crippen LogP contribution in [-0.2, 0) is 11.8 Å². The molecule has 0 aliphatic heterocycles. The number of amides is 1. The summed E-state index contributed by atoms with van der Waals surface area (Å²) >= 11 is 0. The van der Waals surface area contributed by atoms with E-state index in [1.807, 2.05) is 60.3 Å². The van der Waals surface area contributed by atoms with E-state index in [9.17, 15) is 9.90 Å². The lowest BCUT2D eigenvalue weighted by Crippen LogP contribution is -2.23. The molecule has 1 aromatic heterocycles. The van der Waals surface area contributed by atoms with Crippen LogP contribution in [0, 0.1) is 0 Å². The van der Waals surface area contributed by atoms with Crippen molar-refractivity contribution in [2.45, 2.75) is 12.5 Å². The van der Waals surface area contributed by atoms with Gasteiger partial charge in [-0.25, -0.2) is 0 Å². The molecule has 110 valence electrons. The van der Waals surface area contributed by atoms with Crippen molar-refractivity contribution in [1.82, 2.24) is 9.88 Å². The van der Waals surface area contributed by atoms with Crippen LogP contribution in [0.4, 0.5) is 0 Å². The third-order valence-corrected chi connectivity index (χ3v) is 3.27. The molecule has 1 heterocycles. The van der Waals surface area contributed by atoms with Gasteiger partial charge in [-0.2, -0.15) is 0 Å². The standard InChI is InChI=1S/C17H20N2O2/c1-19-13-5-8-15(19)16(20)11-12-18-17(21)10-9-14-6-3-2-4-7-14/h2-10,13,16,20H,11-12H2,1H3,(H,18,21)/b10-9+/t16-/m0/s1. The molecule has 1 aromatic carbocycles. The van der Waals surface area contributed by atoms with Gasteiger partial charge in [0.2, 0.25) is 5.91 Å². The minimum absolute atomic E-state index is 0.155. The van der Waals surface area contributed by atoms with E-state index in [0.29, 0.717) is 13.0 Å². The molecule has 2 aromatic rings. The van der Waals surface area contributed by atoms with Crippen molar-refractivity contribution in [2.75, 3.05) is 6.54 Å². The molecule has 0 saturated carbocycles. The molecular weight excluding hydrogens is 264 g/mol. The first-order chi connectivity index (χ1) is 10.2. The largest absolute Gasteiger partial charge is 0.387 e. The third-order valence-electron chi connectivity index (χ3n) is 3.27. The van der Waals surface area contributed by atoms with Crippen molar-refractivity contribution < 1.29 is 9.90 Å². The van der Waals surface area contributed by atoms with E-state index in [4.69, 9.17) is 0 Å². The highest BCUT2D eigenvalue weighted by Crippen LogP contribution is 2.15. The summed E-state index contributed by atoms with van der Waals surface area (Å²) in [5.74, 6) is -0.155. The molecular formula is C17H20N2O2. The van der Waals surface area contributed by atoms with Crippen LogP contribution in [0.1, 0.15) is 23.8 Å². The Balaban J connectivity index is 1.75. The first-order valence-electron chi connectivity index (χ1n) is 6.97. The molecule has 2 N–H and O–H groups in total. The summed E-state index contributed by atoms with van der Waals surface area (Å²) in [6.45, 7) is 0.435. The van der Waals surface area contributed by atoms with Gasteiger partial charge in [0.1, 0.15) is 0 Å². The molecule has 1 atom stereocenters. The second kappa shape index (κ2) is 7.45. The molecule has 4 heteroatoms. The Morgan fingerprint density at radius 3 is 2.71 bits per heavy atom. The Labute approximate surface area is 124 Å². The lowest BCUT2D eigenvalue weighted by molar-refractivity contribution is -0.116. The van der Waals surface area contributed by atoms with Gasteiger partial charge in [0.15, 0.2) is 0 Å². The molecule has 0 radical (unpaired) electrons. The zero-order chi connectivity index (χ0) is 15.1. The minimum Gasteiger partial charge on any atom is -0.387 e. The van der Waals surface area contributed by atoms with E-state index in [1.165, 1.54) is 6.08 Å². The zero-order valence-electron chi connectivity index (χ0n) is 12.1. The number of rotatable bonds is 6. The monoisotopic (exact) mass is 284 g/mol. The van der Waals surface area contributed by atoms with E-state index >= 15 is 0 Å². The summed E-state index contributed by atoms with van der Waals surface area (Å²) in [6.07, 6.45) is 5.08. The second-order valence-corrected chi connectivity index (χ2v) is 4.88. The van der Waals surface area contributed by atoms with Crippen molar-refractivity contribution in [3.63, 3.8) is 0 Å². The summed E-state index contributed by atoms with van der Waals surface area (Å²) in [5.41, 5.74) is 1.83. The number of benzene rings is 1. The predicted octanol–water partition coefficient (Wildman–Crippen LogP) is 2.28. The number of hydrogen-bond acceptors (Lipinski definition) is 2. The summed E-state index contributed by atoms with van der Waals surface area (Å²) < 4.78 is 1.88. The first-order valence-corrected chi connectivity index (χ1v) is 6.97. The van der Waals surface area contributed by atoms with Gasteiger partial charge in [0.25, 0.3) is 0 Å². The van der Waals surface area contributed by atoms with Crippen molar-refractivity contribution in [1.29, 1.82) is 0 Å². The highest BCUT2D eigenvalue weighted by molar-refractivity contribution is 5.91. The number of aryl methyl sites for hydroxylation is 1. The van der Waals surface area contributed by atoms with E-state index in [2.05, 4.69) is 5.32 Å². The quantitative estimate of drug-likeness (QED) is 0.800. The zero-order valence-corrected chi connectivity index (χ0v) is 12.1. The van der Waals surface area contributed by atoms with Crippen molar-refractivity contribution in [3.8, 4) is 0 Å². The number of nitrogens with zero attached hydrogens (tertiary/aromatic N) is 1. The Bertz CT molecular complexity index is 602. The topological polar surface area (TPSA) is 54.3 Å². The third kappa shape index (κ3) is 4.61. The summed E-state index contributed by atoms with van der Waals surface area (Å²) in [4.78, 5) is 11.7. The lowest BCUT2D eigenvalue weighted by atomic mass is 10.2. The Hall–Kier alpha value is -2.33. The number of hydrogen-bond donors (Lipinski definition) is 2. The average molecular weight is 284 g/mol. The Morgan fingerprint density at radius 1 is 1.29 bits per heavy atom. The lowest BCUT2D eigenvalue weighted by Gasteiger charge is -2.11. The highest BCUT2D eigenvalue weighted by Gasteiger charge is 2.10. The first kappa shape index (κ1) is 15.1. The maximum Gasteiger partial charge on any atom is 0.244 e. The number of nitrogens with one attached hydrogen (secondary N) is 1. The van der Waals surface area contributed by atoms with Gasteiger partial charge in [0.05, 0.1) is 6.10 Å². The molecule has 0 bridgehead atoms. The number of carbonyl (C=O) groups excluding carboxylic acids is 1. The number of aromatic nitrogens is 1. The highest BCUT2D eigenvalue weighted by atomic mass is 16.3. The van der Waals surface area contributed by atoms with Crippen molar-refractivity contribution >= 4 is 12.0 Å². The van der Waals surface area contributed by atoms with Crippen LogP contribution in [0.5, 0.6) is 0 Å². The normalized spacial score (nSPS) is 12.5. The molecule has 4 nitrogen and oxygen atoms in total. The van der Waals surface area contributed by atoms with Gasteiger partial charge in [-0.1, -0.05) is 30.3 Å². The summed E-state index contributed by atoms with van der Waals surface area (Å²) in [5, 5.41) is 12.8. The fraction of sp³-hybridized carbons (Fsp3) is 0.235. The minimum atomic E-state index is -0.566. The maximum atomic E-state index is 11.7. The van der Waals surface area contributed by atoms with Crippen molar-refractivity contribution in [2.24, 2.45) is 7.05 Å². The number of aliphatic hydroxyl groups excluding tert-OH is 1. The summed E-state index contributed by atoms with van der Waals surface area (Å²) in [6, 6.07) is 13.4. The van der Waals surface area contributed by atoms with Gasteiger partial charge in [0, 0.05) is 31.6 Å². The van der Waals surface area contributed by atoms with Gasteiger partial charge < -0.3 is 15.0 Å². The molecule has 0 aliphatic carbocycles. The fourth-order valence-electron chi connectivity index (χ4n) is 2.10. The average Bonchev–Trinajstić information content (AvgIpc) is 2.92. The van der Waals surface area contributed by atoms with Crippen molar-refractivity contribution in [3.05, 3.63) is 66.0 Å². The summed E-state index contributed by atoms with van der Waals surface area (Å²) in [7, 11) is 1.89. The molecule has 1 amide bonds. The van der Waals surface area contributed by atoms with Gasteiger partial charge in [-0.15, -0.1) is 0 Å². The maximum absolute atomic E-state index is 11.7.